The highest BCUT2D eigenvalue weighted by Crippen LogP contribution is 2.17. The first kappa shape index (κ1) is 21.4. The van der Waals surface area contributed by atoms with E-state index in [1.807, 2.05) is 0 Å². The number of carboxylic acid groups (broad SMARTS) is 2. The minimum atomic E-state index is -1.82. The van der Waals surface area contributed by atoms with E-state index in [1.165, 1.54) is 42.6 Å². The van der Waals surface area contributed by atoms with Gasteiger partial charge in [0, 0.05) is 50.1 Å². The molecule has 0 spiro atoms. The number of rotatable bonds is 5. The third-order valence-corrected chi connectivity index (χ3v) is 5.23. The van der Waals surface area contributed by atoms with E-state index >= 15 is 0 Å². The Balaban J connectivity index is 0.000000377. The van der Waals surface area contributed by atoms with Crippen LogP contribution in [0.25, 0.3) is 10.9 Å². The molecule has 0 radical (unpaired) electrons. The van der Waals surface area contributed by atoms with Gasteiger partial charge in [-0.1, -0.05) is 36.4 Å². The van der Waals surface area contributed by atoms with Crippen LogP contribution in [0.4, 0.5) is 5.69 Å². The Bertz CT molecular complexity index is 951. The van der Waals surface area contributed by atoms with Gasteiger partial charge in [-0.3, -0.25) is 4.90 Å². The SMILES string of the molecule is O=C(O)C(=O)O.c1ccc(N2CCN(CCCn3ccc4ccccc43)CC2)cc1. The van der Waals surface area contributed by atoms with Gasteiger partial charge in [-0.25, -0.2) is 9.59 Å². The second-order valence-corrected chi connectivity index (χ2v) is 7.20. The molecular formula is C23H27N3O4. The smallest absolute Gasteiger partial charge is 0.414 e. The van der Waals surface area contributed by atoms with Gasteiger partial charge in [0.25, 0.3) is 0 Å². The molecule has 30 heavy (non-hydrogen) atoms. The van der Waals surface area contributed by atoms with Crippen LogP contribution in [0.2, 0.25) is 0 Å². The lowest BCUT2D eigenvalue weighted by molar-refractivity contribution is -0.159. The number of fused-ring (bicyclic) bond motifs is 1. The maximum atomic E-state index is 9.10. The Kier molecular flexibility index (Phi) is 7.45. The van der Waals surface area contributed by atoms with Crippen LogP contribution in [0.3, 0.4) is 0 Å². The van der Waals surface area contributed by atoms with Crippen molar-refractivity contribution < 1.29 is 19.8 Å². The molecule has 1 aromatic heterocycles. The van der Waals surface area contributed by atoms with Crippen LogP contribution in [-0.2, 0) is 16.1 Å². The van der Waals surface area contributed by atoms with Gasteiger partial charge >= 0.3 is 11.9 Å². The topological polar surface area (TPSA) is 86.0 Å². The molecule has 158 valence electrons. The molecule has 1 aliphatic heterocycles. The van der Waals surface area contributed by atoms with E-state index in [-0.39, 0.29) is 0 Å². The van der Waals surface area contributed by atoms with Crippen molar-refractivity contribution >= 4 is 28.5 Å². The Morgan fingerprint density at radius 2 is 1.40 bits per heavy atom. The number of aliphatic carboxylic acids is 2. The first-order valence-corrected chi connectivity index (χ1v) is 10.1. The first-order valence-electron chi connectivity index (χ1n) is 10.1. The van der Waals surface area contributed by atoms with Gasteiger partial charge < -0.3 is 19.7 Å². The normalized spacial score (nSPS) is 14.2. The van der Waals surface area contributed by atoms with Crippen molar-refractivity contribution in [3.05, 3.63) is 66.9 Å². The third-order valence-electron chi connectivity index (χ3n) is 5.23. The summed E-state index contributed by atoms with van der Waals surface area (Å²) in [4.78, 5) is 23.3. The van der Waals surface area contributed by atoms with Crippen LogP contribution in [-0.4, -0.2) is 64.3 Å². The van der Waals surface area contributed by atoms with Gasteiger partial charge in [0.2, 0.25) is 0 Å². The molecule has 0 saturated carbocycles. The lowest BCUT2D eigenvalue weighted by Crippen LogP contribution is -2.46. The summed E-state index contributed by atoms with van der Waals surface area (Å²) in [6, 6.07) is 21.6. The van der Waals surface area contributed by atoms with Gasteiger partial charge in [0.05, 0.1) is 0 Å². The molecule has 0 aliphatic carbocycles. The number of nitrogens with zero attached hydrogens (tertiary/aromatic N) is 3. The van der Waals surface area contributed by atoms with Crippen LogP contribution < -0.4 is 4.90 Å². The predicted molar refractivity (Wildman–Crippen MR) is 117 cm³/mol. The summed E-state index contributed by atoms with van der Waals surface area (Å²) < 4.78 is 2.38. The van der Waals surface area contributed by atoms with Crippen molar-refractivity contribution in [3.63, 3.8) is 0 Å². The monoisotopic (exact) mass is 409 g/mol. The Labute approximate surface area is 175 Å². The molecule has 0 unspecified atom stereocenters. The van der Waals surface area contributed by atoms with Crippen molar-refractivity contribution in [1.29, 1.82) is 0 Å². The quantitative estimate of drug-likeness (QED) is 0.630. The fourth-order valence-corrected chi connectivity index (χ4v) is 3.67. The number of piperazine rings is 1. The summed E-state index contributed by atoms with van der Waals surface area (Å²) in [5.41, 5.74) is 2.71. The molecule has 2 heterocycles. The van der Waals surface area contributed by atoms with Gasteiger partial charge in [-0.05, 0) is 42.6 Å². The molecular weight excluding hydrogens is 382 g/mol. The highest BCUT2D eigenvalue weighted by molar-refractivity contribution is 6.27. The predicted octanol–water partition coefficient (Wildman–Crippen LogP) is 3.01. The van der Waals surface area contributed by atoms with E-state index in [0.717, 1.165) is 19.6 Å². The molecule has 3 aromatic rings. The summed E-state index contributed by atoms with van der Waals surface area (Å²) >= 11 is 0. The standard InChI is InChI=1S/C21H25N3.C2H2O4/c1-2-8-20(9-3-1)23-17-15-22(16-18-23)12-6-13-24-14-11-19-7-4-5-10-21(19)24;3-1(4)2(5)6/h1-5,7-11,14H,6,12-13,15-18H2;(H,3,4)(H,5,6). The van der Waals surface area contributed by atoms with Crippen LogP contribution in [0.1, 0.15) is 6.42 Å². The molecule has 4 rings (SSSR count). The molecule has 7 nitrogen and oxygen atoms in total. The summed E-state index contributed by atoms with van der Waals surface area (Å²) in [5, 5.41) is 16.1. The van der Waals surface area contributed by atoms with Crippen LogP contribution in [0.15, 0.2) is 66.9 Å². The Morgan fingerprint density at radius 1 is 0.767 bits per heavy atom. The third kappa shape index (κ3) is 5.84. The van der Waals surface area contributed by atoms with Crippen molar-refractivity contribution in [3.8, 4) is 0 Å². The molecule has 1 aliphatic rings. The van der Waals surface area contributed by atoms with E-state index in [0.29, 0.717) is 0 Å². The number of carbonyl (C=O) groups is 2. The van der Waals surface area contributed by atoms with Gasteiger partial charge in [0.1, 0.15) is 0 Å². The van der Waals surface area contributed by atoms with Gasteiger partial charge in [0.15, 0.2) is 0 Å². The highest BCUT2D eigenvalue weighted by Gasteiger charge is 2.16. The van der Waals surface area contributed by atoms with E-state index in [1.54, 1.807) is 0 Å². The number of aromatic nitrogens is 1. The number of benzene rings is 2. The summed E-state index contributed by atoms with van der Waals surface area (Å²) in [6.45, 7) is 6.90. The molecule has 1 fully saturated rings. The molecule has 2 N–H and O–H groups in total. The average molecular weight is 409 g/mol. The zero-order chi connectivity index (χ0) is 21.3. The van der Waals surface area contributed by atoms with Gasteiger partial charge in [-0.15, -0.1) is 0 Å². The van der Waals surface area contributed by atoms with Crippen molar-refractivity contribution in [2.24, 2.45) is 0 Å². The van der Waals surface area contributed by atoms with Crippen molar-refractivity contribution in [1.82, 2.24) is 9.47 Å². The second kappa shape index (κ2) is 10.5. The van der Waals surface area contributed by atoms with E-state index in [2.05, 4.69) is 81.2 Å². The number of carboxylic acids is 2. The summed E-state index contributed by atoms with van der Waals surface area (Å²) in [6.07, 6.45) is 3.43. The van der Waals surface area contributed by atoms with Gasteiger partial charge in [-0.2, -0.15) is 0 Å². The number of anilines is 1. The first-order chi connectivity index (χ1) is 14.5. The molecule has 7 heteroatoms. The maximum Gasteiger partial charge on any atom is 0.414 e. The van der Waals surface area contributed by atoms with Crippen LogP contribution >= 0.6 is 0 Å². The molecule has 2 aromatic carbocycles. The second-order valence-electron chi connectivity index (χ2n) is 7.20. The minimum Gasteiger partial charge on any atom is -0.473 e. The van der Waals surface area contributed by atoms with E-state index in [9.17, 15) is 0 Å². The average Bonchev–Trinajstić information content (AvgIpc) is 3.18. The lowest BCUT2D eigenvalue weighted by atomic mass is 10.2. The minimum absolute atomic E-state index is 1.10. The molecule has 1 saturated heterocycles. The Hall–Kier alpha value is -3.32. The summed E-state index contributed by atoms with van der Waals surface area (Å²) in [5.74, 6) is -3.65. The zero-order valence-corrected chi connectivity index (χ0v) is 16.9. The largest absolute Gasteiger partial charge is 0.473 e. The van der Waals surface area contributed by atoms with E-state index in [4.69, 9.17) is 19.8 Å². The number of aryl methyl sites for hydroxylation is 1. The fraction of sp³-hybridized carbons (Fsp3) is 0.304. The highest BCUT2D eigenvalue weighted by atomic mass is 16.4. The van der Waals surface area contributed by atoms with Crippen LogP contribution in [0.5, 0.6) is 0 Å². The maximum absolute atomic E-state index is 9.10. The number of hydrogen-bond donors (Lipinski definition) is 2. The van der Waals surface area contributed by atoms with Crippen molar-refractivity contribution in [2.75, 3.05) is 37.6 Å². The molecule has 0 atom stereocenters. The van der Waals surface area contributed by atoms with Crippen LogP contribution in [0, 0.1) is 0 Å². The fourth-order valence-electron chi connectivity index (χ4n) is 3.67. The van der Waals surface area contributed by atoms with Crippen molar-refractivity contribution in [2.45, 2.75) is 13.0 Å². The zero-order valence-electron chi connectivity index (χ0n) is 16.9. The Morgan fingerprint density at radius 3 is 2.07 bits per heavy atom. The van der Waals surface area contributed by atoms with E-state index < -0.39 is 11.9 Å². The number of hydrogen-bond acceptors (Lipinski definition) is 4. The summed E-state index contributed by atoms with van der Waals surface area (Å²) in [7, 11) is 0. The lowest BCUT2D eigenvalue weighted by Gasteiger charge is -2.36. The molecule has 0 bridgehead atoms. The number of para-hydroxylation sites is 2. The molecule has 0 amide bonds.